The molecule has 0 aromatic carbocycles. The number of hydrogen-bond donors (Lipinski definition) is 1. The van der Waals surface area contributed by atoms with E-state index in [-0.39, 0.29) is 18.4 Å². The van der Waals surface area contributed by atoms with Crippen molar-refractivity contribution >= 4 is 27.3 Å². The van der Waals surface area contributed by atoms with E-state index in [1.165, 1.54) is 15.6 Å². The highest BCUT2D eigenvalue weighted by Crippen LogP contribution is 2.26. The number of morpholine rings is 1. The number of ether oxygens (including phenoxy) is 1. The SMILES string of the molecule is O=C(NCCCN1CCOCC1)[C@@H]1CCCN(S(=O)(=O)c2cccs2)C1. The Morgan fingerprint density at radius 3 is 2.85 bits per heavy atom. The summed E-state index contributed by atoms with van der Waals surface area (Å²) in [5.41, 5.74) is 0. The van der Waals surface area contributed by atoms with Gasteiger partial charge < -0.3 is 10.1 Å². The van der Waals surface area contributed by atoms with Crippen LogP contribution >= 0.6 is 11.3 Å². The van der Waals surface area contributed by atoms with E-state index in [4.69, 9.17) is 4.74 Å². The van der Waals surface area contributed by atoms with Crippen LogP contribution in [0.25, 0.3) is 0 Å². The van der Waals surface area contributed by atoms with Gasteiger partial charge in [-0.1, -0.05) is 6.07 Å². The largest absolute Gasteiger partial charge is 0.379 e. The molecule has 26 heavy (non-hydrogen) atoms. The van der Waals surface area contributed by atoms with Crippen LogP contribution in [0, 0.1) is 5.92 Å². The lowest BCUT2D eigenvalue weighted by atomic mass is 9.99. The molecule has 0 unspecified atom stereocenters. The van der Waals surface area contributed by atoms with Gasteiger partial charge in [-0.2, -0.15) is 4.31 Å². The van der Waals surface area contributed by atoms with E-state index in [9.17, 15) is 13.2 Å². The highest BCUT2D eigenvalue weighted by molar-refractivity contribution is 7.91. The molecule has 0 aliphatic carbocycles. The van der Waals surface area contributed by atoms with E-state index in [2.05, 4.69) is 10.2 Å². The zero-order valence-corrected chi connectivity index (χ0v) is 16.6. The molecular weight excluding hydrogens is 374 g/mol. The van der Waals surface area contributed by atoms with E-state index in [1.807, 2.05) is 0 Å². The molecule has 2 aliphatic heterocycles. The van der Waals surface area contributed by atoms with Crippen molar-refractivity contribution in [1.29, 1.82) is 0 Å². The Kier molecular flexibility index (Phi) is 7.05. The van der Waals surface area contributed by atoms with Crippen molar-refractivity contribution in [3.8, 4) is 0 Å². The topological polar surface area (TPSA) is 79.0 Å². The molecule has 3 rings (SSSR count). The standard InChI is InChI=1S/C17H27N3O4S2/c21-17(18-6-3-7-19-9-11-24-12-10-19)15-4-1-8-20(14-15)26(22,23)16-5-2-13-25-16/h2,5,13,15H,1,3-4,6-12,14H2,(H,18,21)/t15-/m1/s1. The zero-order valence-electron chi connectivity index (χ0n) is 14.9. The molecule has 1 aromatic heterocycles. The summed E-state index contributed by atoms with van der Waals surface area (Å²) in [7, 11) is -3.47. The van der Waals surface area contributed by atoms with Gasteiger partial charge in [0.15, 0.2) is 0 Å². The molecule has 9 heteroatoms. The average molecular weight is 402 g/mol. The number of carbonyl (C=O) groups excluding carboxylic acids is 1. The molecule has 7 nitrogen and oxygen atoms in total. The molecule has 3 heterocycles. The minimum absolute atomic E-state index is 0.0296. The Bertz CT molecular complexity index is 672. The molecule has 1 atom stereocenters. The second-order valence-electron chi connectivity index (χ2n) is 6.73. The third kappa shape index (κ3) is 5.04. The number of nitrogens with zero attached hydrogens (tertiary/aromatic N) is 2. The van der Waals surface area contributed by atoms with Crippen molar-refractivity contribution in [1.82, 2.24) is 14.5 Å². The smallest absolute Gasteiger partial charge is 0.252 e. The first-order valence-electron chi connectivity index (χ1n) is 9.19. The molecule has 1 amide bonds. The number of hydrogen-bond acceptors (Lipinski definition) is 6. The molecule has 1 N–H and O–H groups in total. The number of carbonyl (C=O) groups is 1. The maximum Gasteiger partial charge on any atom is 0.252 e. The van der Waals surface area contributed by atoms with E-state index in [0.29, 0.717) is 17.3 Å². The Hall–Kier alpha value is -1.00. The predicted molar refractivity (Wildman–Crippen MR) is 101 cm³/mol. The summed E-state index contributed by atoms with van der Waals surface area (Å²) >= 11 is 1.22. The van der Waals surface area contributed by atoms with Crippen LogP contribution in [0.3, 0.4) is 0 Å². The summed E-state index contributed by atoms with van der Waals surface area (Å²) in [6, 6.07) is 3.36. The zero-order chi connectivity index (χ0) is 18.4. The number of sulfonamides is 1. The summed E-state index contributed by atoms with van der Waals surface area (Å²) in [5, 5.41) is 4.74. The number of amides is 1. The van der Waals surface area contributed by atoms with Gasteiger partial charge in [0.1, 0.15) is 4.21 Å². The third-order valence-corrected chi connectivity index (χ3v) is 8.14. The van der Waals surface area contributed by atoms with Gasteiger partial charge in [0.05, 0.1) is 19.1 Å². The third-order valence-electron chi connectivity index (χ3n) is 4.90. The lowest BCUT2D eigenvalue weighted by Gasteiger charge is -2.31. The Morgan fingerprint density at radius 1 is 1.31 bits per heavy atom. The van der Waals surface area contributed by atoms with Crippen LogP contribution in [-0.4, -0.2) is 76.0 Å². The van der Waals surface area contributed by atoms with E-state index in [1.54, 1.807) is 17.5 Å². The summed E-state index contributed by atoms with van der Waals surface area (Å²) in [6.07, 6.45) is 2.36. The van der Waals surface area contributed by atoms with Gasteiger partial charge in [-0.05, 0) is 37.3 Å². The molecule has 0 bridgehead atoms. The van der Waals surface area contributed by atoms with Gasteiger partial charge in [-0.3, -0.25) is 9.69 Å². The maximum atomic E-state index is 12.6. The molecule has 2 fully saturated rings. The molecule has 2 saturated heterocycles. The minimum Gasteiger partial charge on any atom is -0.379 e. The first-order chi connectivity index (χ1) is 12.6. The van der Waals surface area contributed by atoms with Gasteiger partial charge in [0, 0.05) is 32.7 Å². The predicted octanol–water partition coefficient (Wildman–Crippen LogP) is 0.987. The van der Waals surface area contributed by atoms with Crippen molar-refractivity contribution < 1.29 is 17.9 Å². The minimum atomic E-state index is -3.47. The summed E-state index contributed by atoms with van der Waals surface area (Å²) in [5.74, 6) is -0.292. The van der Waals surface area contributed by atoms with Crippen LogP contribution in [0.2, 0.25) is 0 Å². The molecule has 0 radical (unpaired) electrons. The second kappa shape index (κ2) is 9.27. The van der Waals surface area contributed by atoms with Gasteiger partial charge in [0.2, 0.25) is 5.91 Å². The quantitative estimate of drug-likeness (QED) is 0.690. The number of rotatable bonds is 7. The first-order valence-corrected chi connectivity index (χ1v) is 11.5. The van der Waals surface area contributed by atoms with E-state index in [0.717, 1.165) is 52.1 Å². The van der Waals surface area contributed by atoms with Crippen molar-refractivity contribution in [3.05, 3.63) is 17.5 Å². The molecule has 146 valence electrons. The van der Waals surface area contributed by atoms with Crippen LogP contribution in [-0.2, 0) is 19.6 Å². The van der Waals surface area contributed by atoms with E-state index >= 15 is 0 Å². The van der Waals surface area contributed by atoms with E-state index < -0.39 is 10.0 Å². The fourth-order valence-corrected chi connectivity index (χ4v) is 6.06. The molecule has 0 spiro atoms. The Labute approximate surface area is 159 Å². The first kappa shape index (κ1) is 19.8. The van der Waals surface area contributed by atoms with Crippen molar-refractivity contribution in [2.24, 2.45) is 5.92 Å². The monoisotopic (exact) mass is 401 g/mol. The van der Waals surface area contributed by atoms with Crippen LogP contribution < -0.4 is 5.32 Å². The Balaban J connectivity index is 1.44. The summed E-state index contributed by atoms with van der Waals surface area (Å²) in [6.45, 7) is 5.80. The van der Waals surface area contributed by atoms with Crippen molar-refractivity contribution in [3.63, 3.8) is 0 Å². The Morgan fingerprint density at radius 2 is 2.12 bits per heavy atom. The molecule has 0 saturated carbocycles. The van der Waals surface area contributed by atoms with Crippen molar-refractivity contribution in [2.75, 3.05) is 52.5 Å². The van der Waals surface area contributed by atoms with Crippen molar-refractivity contribution in [2.45, 2.75) is 23.5 Å². The van der Waals surface area contributed by atoms with Gasteiger partial charge in [-0.25, -0.2) is 8.42 Å². The van der Waals surface area contributed by atoms with Gasteiger partial charge in [-0.15, -0.1) is 11.3 Å². The molecular formula is C17H27N3O4S2. The maximum absolute atomic E-state index is 12.6. The number of piperidine rings is 1. The van der Waals surface area contributed by atoms with Crippen LogP contribution in [0.1, 0.15) is 19.3 Å². The highest BCUT2D eigenvalue weighted by atomic mass is 32.2. The normalized spacial score (nSPS) is 23.0. The number of nitrogens with one attached hydrogen (secondary N) is 1. The van der Waals surface area contributed by atoms with Crippen LogP contribution in [0.5, 0.6) is 0 Å². The molecule has 2 aliphatic rings. The highest BCUT2D eigenvalue weighted by Gasteiger charge is 2.33. The fourth-order valence-electron chi connectivity index (χ4n) is 3.40. The summed E-state index contributed by atoms with van der Waals surface area (Å²) < 4.78 is 32.4. The van der Waals surface area contributed by atoms with Gasteiger partial charge >= 0.3 is 0 Å². The van der Waals surface area contributed by atoms with Crippen LogP contribution in [0.4, 0.5) is 0 Å². The molecule has 1 aromatic rings. The van der Waals surface area contributed by atoms with Gasteiger partial charge in [0.25, 0.3) is 10.0 Å². The lowest BCUT2D eigenvalue weighted by Crippen LogP contribution is -2.45. The van der Waals surface area contributed by atoms with Crippen LogP contribution in [0.15, 0.2) is 21.7 Å². The number of thiophene rings is 1. The summed E-state index contributed by atoms with van der Waals surface area (Å²) in [4.78, 5) is 14.8. The second-order valence-corrected chi connectivity index (χ2v) is 9.85. The lowest BCUT2D eigenvalue weighted by molar-refractivity contribution is -0.126. The average Bonchev–Trinajstić information content (AvgIpc) is 3.22. The fraction of sp³-hybridized carbons (Fsp3) is 0.706.